The van der Waals surface area contributed by atoms with Crippen LogP contribution in [0.4, 0.5) is 8.78 Å². The van der Waals surface area contributed by atoms with Gasteiger partial charge in [-0.25, -0.2) is 4.79 Å². The number of nitrogens with two attached hydrogens (primary N) is 1. The van der Waals surface area contributed by atoms with E-state index in [1.807, 2.05) is 0 Å². The number of carboxylic acids is 1. The zero-order chi connectivity index (χ0) is 7.65. The maximum Gasteiger partial charge on any atom is 0.376 e. The second-order valence-electron chi connectivity index (χ2n) is 1.72. The van der Waals surface area contributed by atoms with Gasteiger partial charge in [0.05, 0.1) is 6.04 Å². The van der Waals surface area contributed by atoms with Crippen LogP contribution in [0.3, 0.4) is 0 Å². The lowest BCUT2D eigenvalue weighted by atomic mass is 10.2. The van der Waals surface area contributed by atoms with Gasteiger partial charge in [0, 0.05) is 0 Å². The molecule has 0 aromatic heterocycles. The van der Waals surface area contributed by atoms with Crippen molar-refractivity contribution in [3.8, 4) is 0 Å². The first kappa shape index (κ1) is 8.29. The number of hydrogen-bond donors (Lipinski definition) is 2. The Hall–Kier alpha value is -0.710. The highest BCUT2D eigenvalue weighted by Crippen LogP contribution is 2.16. The smallest absolute Gasteiger partial charge is 0.376 e. The summed E-state index contributed by atoms with van der Waals surface area (Å²) < 4.78 is 23.9. The molecule has 5 heteroatoms. The lowest BCUT2D eigenvalue weighted by Gasteiger charge is -2.13. The van der Waals surface area contributed by atoms with Gasteiger partial charge >= 0.3 is 11.9 Å². The summed E-state index contributed by atoms with van der Waals surface area (Å²) in [6.45, 7) is 0.939. The molecule has 0 amide bonds. The third kappa shape index (κ3) is 1.60. The maximum absolute atomic E-state index is 11.9. The molecule has 3 N–H and O–H groups in total. The molecule has 0 aliphatic rings. The number of rotatable bonds is 2. The zero-order valence-corrected chi connectivity index (χ0v) is 4.77. The molecule has 54 valence electrons. The van der Waals surface area contributed by atoms with E-state index in [2.05, 4.69) is 5.73 Å². The molecule has 0 saturated carbocycles. The summed E-state index contributed by atoms with van der Waals surface area (Å²) in [4.78, 5) is 9.63. The first-order chi connectivity index (χ1) is 3.89. The lowest BCUT2D eigenvalue weighted by molar-refractivity contribution is -0.167. The SMILES string of the molecule is C[C@H](N)C(F)(F)C(=O)O. The Morgan fingerprint density at radius 3 is 2.11 bits per heavy atom. The Bertz CT molecular complexity index is 124. The van der Waals surface area contributed by atoms with Gasteiger partial charge in [0.1, 0.15) is 0 Å². The highest BCUT2D eigenvalue weighted by molar-refractivity contribution is 5.76. The Morgan fingerprint density at radius 2 is 2.11 bits per heavy atom. The first-order valence-corrected chi connectivity index (χ1v) is 2.26. The fourth-order valence-corrected chi connectivity index (χ4v) is 0.195. The third-order valence-corrected chi connectivity index (χ3v) is 0.857. The second-order valence-corrected chi connectivity index (χ2v) is 1.72. The summed E-state index contributed by atoms with van der Waals surface area (Å²) in [5.41, 5.74) is 4.64. The molecule has 0 aliphatic carbocycles. The van der Waals surface area contributed by atoms with Gasteiger partial charge in [-0.05, 0) is 6.92 Å². The van der Waals surface area contributed by atoms with Gasteiger partial charge in [0.25, 0.3) is 0 Å². The average molecular weight is 139 g/mol. The van der Waals surface area contributed by atoms with Crippen molar-refractivity contribution in [1.82, 2.24) is 0 Å². The number of alkyl halides is 2. The van der Waals surface area contributed by atoms with Crippen LogP contribution in [0.15, 0.2) is 0 Å². The Balaban J connectivity index is 4.19. The molecule has 0 radical (unpaired) electrons. The van der Waals surface area contributed by atoms with E-state index in [9.17, 15) is 13.6 Å². The minimum absolute atomic E-state index is 0.939. The van der Waals surface area contributed by atoms with Crippen molar-refractivity contribution < 1.29 is 18.7 Å². The molecule has 3 nitrogen and oxygen atoms in total. The van der Waals surface area contributed by atoms with Crippen LogP contribution in [-0.2, 0) is 4.79 Å². The molecule has 9 heavy (non-hydrogen) atoms. The predicted octanol–water partition coefficient (Wildman–Crippen LogP) is 0.0535. The fraction of sp³-hybridized carbons (Fsp3) is 0.750. The third-order valence-electron chi connectivity index (χ3n) is 0.857. The van der Waals surface area contributed by atoms with E-state index in [0.29, 0.717) is 0 Å². The molecule has 0 saturated heterocycles. The van der Waals surface area contributed by atoms with Crippen LogP contribution < -0.4 is 5.73 Å². The second kappa shape index (κ2) is 2.26. The molecule has 0 fully saturated rings. The van der Waals surface area contributed by atoms with Crippen molar-refractivity contribution in [3.05, 3.63) is 0 Å². The zero-order valence-electron chi connectivity index (χ0n) is 4.77. The number of carboxylic acid groups (broad SMARTS) is 1. The van der Waals surface area contributed by atoms with Gasteiger partial charge in [0.15, 0.2) is 0 Å². The van der Waals surface area contributed by atoms with Crippen molar-refractivity contribution in [1.29, 1.82) is 0 Å². The molecular weight excluding hydrogens is 132 g/mol. The Morgan fingerprint density at radius 1 is 1.78 bits per heavy atom. The topological polar surface area (TPSA) is 63.3 Å². The van der Waals surface area contributed by atoms with E-state index >= 15 is 0 Å². The normalized spacial score (nSPS) is 15.1. The Kier molecular flexibility index (Phi) is 2.08. The monoisotopic (exact) mass is 139 g/mol. The first-order valence-electron chi connectivity index (χ1n) is 2.26. The minimum atomic E-state index is -3.81. The van der Waals surface area contributed by atoms with Crippen LogP contribution in [0.25, 0.3) is 0 Å². The number of hydrogen-bond acceptors (Lipinski definition) is 2. The minimum Gasteiger partial charge on any atom is -0.477 e. The largest absolute Gasteiger partial charge is 0.477 e. The molecule has 0 rings (SSSR count). The van der Waals surface area contributed by atoms with Gasteiger partial charge in [0.2, 0.25) is 0 Å². The summed E-state index contributed by atoms with van der Waals surface area (Å²) in [7, 11) is 0. The maximum atomic E-state index is 11.9. The molecule has 0 aromatic rings. The summed E-state index contributed by atoms with van der Waals surface area (Å²) in [6, 6.07) is -1.64. The van der Waals surface area contributed by atoms with Crippen LogP contribution in [0, 0.1) is 0 Å². The molecule has 0 bridgehead atoms. The quantitative estimate of drug-likeness (QED) is 0.568. The van der Waals surface area contributed by atoms with E-state index in [-0.39, 0.29) is 0 Å². The number of aliphatic carboxylic acids is 1. The van der Waals surface area contributed by atoms with Gasteiger partial charge in [-0.15, -0.1) is 0 Å². The summed E-state index contributed by atoms with van der Waals surface area (Å²) in [5, 5.41) is 7.78. The van der Waals surface area contributed by atoms with Crippen LogP contribution in [0.1, 0.15) is 6.92 Å². The molecule has 0 heterocycles. The van der Waals surface area contributed by atoms with Crippen LogP contribution in [-0.4, -0.2) is 23.0 Å². The molecule has 0 spiro atoms. The van der Waals surface area contributed by atoms with Crippen molar-refractivity contribution >= 4 is 5.97 Å². The van der Waals surface area contributed by atoms with Gasteiger partial charge < -0.3 is 10.8 Å². The fourth-order valence-electron chi connectivity index (χ4n) is 0.195. The molecular formula is C4H7F2NO2. The van der Waals surface area contributed by atoms with E-state index in [1.165, 1.54) is 0 Å². The Labute approximate surface area is 50.5 Å². The number of halogens is 2. The van der Waals surface area contributed by atoms with Crippen molar-refractivity contribution in [2.24, 2.45) is 5.73 Å². The van der Waals surface area contributed by atoms with E-state index < -0.39 is 17.9 Å². The molecule has 0 aliphatic heterocycles. The molecule has 0 unspecified atom stereocenters. The van der Waals surface area contributed by atoms with Gasteiger partial charge in [-0.1, -0.05) is 0 Å². The van der Waals surface area contributed by atoms with Crippen LogP contribution in [0.2, 0.25) is 0 Å². The summed E-state index contributed by atoms with van der Waals surface area (Å²) in [6.07, 6.45) is 0. The molecule has 0 aromatic carbocycles. The van der Waals surface area contributed by atoms with E-state index in [4.69, 9.17) is 5.11 Å². The van der Waals surface area contributed by atoms with Crippen molar-refractivity contribution in [2.75, 3.05) is 0 Å². The van der Waals surface area contributed by atoms with Crippen LogP contribution in [0.5, 0.6) is 0 Å². The average Bonchev–Trinajstić information content (AvgIpc) is 1.65. The van der Waals surface area contributed by atoms with E-state index in [1.54, 1.807) is 0 Å². The summed E-state index contributed by atoms with van der Waals surface area (Å²) >= 11 is 0. The van der Waals surface area contributed by atoms with Gasteiger partial charge in [-0.3, -0.25) is 0 Å². The standard InChI is InChI=1S/C4H7F2NO2/c1-2(7)4(5,6)3(8)9/h2H,7H2,1H3,(H,8,9)/t2-/m0/s1. The lowest BCUT2D eigenvalue weighted by Crippen LogP contribution is -2.44. The highest BCUT2D eigenvalue weighted by atomic mass is 19.3. The van der Waals surface area contributed by atoms with Crippen molar-refractivity contribution in [3.63, 3.8) is 0 Å². The molecule has 1 atom stereocenters. The predicted molar refractivity (Wildman–Crippen MR) is 26.2 cm³/mol. The van der Waals surface area contributed by atoms with Gasteiger partial charge in [-0.2, -0.15) is 8.78 Å². The van der Waals surface area contributed by atoms with Crippen molar-refractivity contribution in [2.45, 2.75) is 18.9 Å². The van der Waals surface area contributed by atoms with E-state index in [0.717, 1.165) is 6.92 Å². The number of carbonyl (C=O) groups is 1. The summed E-state index contributed by atoms with van der Waals surface area (Å²) in [5.74, 6) is -5.99. The highest BCUT2D eigenvalue weighted by Gasteiger charge is 2.42. The van der Waals surface area contributed by atoms with Crippen LogP contribution >= 0.6 is 0 Å².